The van der Waals surface area contributed by atoms with Gasteiger partial charge in [-0.15, -0.1) is 10.2 Å². The highest BCUT2D eigenvalue weighted by Gasteiger charge is 2.26. The summed E-state index contributed by atoms with van der Waals surface area (Å²) >= 11 is 3.01. The average Bonchev–Trinajstić information content (AvgIpc) is 3.45. The van der Waals surface area contributed by atoms with Crippen molar-refractivity contribution in [2.24, 2.45) is 5.92 Å². The van der Waals surface area contributed by atoms with Crippen LogP contribution in [-0.2, 0) is 9.59 Å². The van der Waals surface area contributed by atoms with Crippen LogP contribution >= 0.6 is 23.1 Å². The Balaban J connectivity index is 1.18. The Morgan fingerprint density at radius 2 is 1.67 bits per heavy atom. The van der Waals surface area contributed by atoms with E-state index in [9.17, 15) is 9.59 Å². The van der Waals surface area contributed by atoms with Crippen molar-refractivity contribution in [1.29, 1.82) is 0 Å². The molecule has 30 heavy (non-hydrogen) atoms. The summed E-state index contributed by atoms with van der Waals surface area (Å²) in [5.74, 6) is 1.41. The van der Waals surface area contributed by atoms with Crippen LogP contribution in [0, 0.1) is 5.92 Å². The van der Waals surface area contributed by atoms with Crippen LogP contribution in [0.2, 0.25) is 0 Å². The minimum atomic E-state index is 0.0914. The van der Waals surface area contributed by atoms with E-state index in [0.717, 1.165) is 54.9 Å². The number of hydrogen-bond donors (Lipinski definition) is 1. The van der Waals surface area contributed by atoms with Gasteiger partial charge in [-0.05, 0) is 31.6 Å². The average molecular weight is 452 g/mol. The zero-order chi connectivity index (χ0) is 20.8. The number of thioether (sulfide) groups is 1. The molecule has 1 aromatic rings. The number of anilines is 1. The summed E-state index contributed by atoms with van der Waals surface area (Å²) in [5.41, 5.74) is 0. The largest absolute Gasteiger partial charge is 0.353 e. The van der Waals surface area contributed by atoms with Crippen LogP contribution in [0.5, 0.6) is 0 Å². The summed E-state index contributed by atoms with van der Waals surface area (Å²) in [4.78, 5) is 29.0. The normalized spacial score (nSPS) is 21.2. The van der Waals surface area contributed by atoms with Crippen molar-refractivity contribution in [3.05, 3.63) is 0 Å². The molecule has 2 saturated carbocycles. The van der Waals surface area contributed by atoms with Gasteiger partial charge < -0.3 is 15.1 Å². The molecule has 7 nitrogen and oxygen atoms in total. The summed E-state index contributed by atoms with van der Waals surface area (Å²) < 4.78 is 0.836. The maximum absolute atomic E-state index is 12.6. The molecule has 166 valence electrons. The van der Waals surface area contributed by atoms with Gasteiger partial charge in [0.25, 0.3) is 0 Å². The Morgan fingerprint density at radius 1 is 0.967 bits per heavy atom. The van der Waals surface area contributed by atoms with Gasteiger partial charge in [-0.1, -0.05) is 55.2 Å². The third-order valence-electron chi connectivity index (χ3n) is 6.53. The molecule has 1 aromatic heterocycles. The van der Waals surface area contributed by atoms with Gasteiger partial charge in [0.1, 0.15) is 0 Å². The molecule has 4 rings (SSSR count). The molecule has 2 heterocycles. The van der Waals surface area contributed by atoms with E-state index in [1.165, 1.54) is 56.7 Å². The highest BCUT2D eigenvalue weighted by atomic mass is 32.2. The Labute approximate surface area is 187 Å². The molecule has 3 fully saturated rings. The third kappa shape index (κ3) is 6.09. The predicted molar refractivity (Wildman–Crippen MR) is 121 cm³/mol. The lowest BCUT2D eigenvalue weighted by atomic mass is 9.86. The number of carbonyl (C=O) groups is 2. The van der Waals surface area contributed by atoms with Crippen LogP contribution in [0.1, 0.15) is 64.2 Å². The second-order valence-electron chi connectivity index (χ2n) is 8.76. The van der Waals surface area contributed by atoms with Gasteiger partial charge >= 0.3 is 0 Å². The summed E-state index contributed by atoms with van der Waals surface area (Å²) in [6.07, 6.45) is 11.7. The first-order chi connectivity index (χ1) is 14.7. The zero-order valence-corrected chi connectivity index (χ0v) is 19.3. The number of amides is 2. The number of aromatic nitrogens is 2. The van der Waals surface area contributed by atoms with Gasteiger partial charge in [0, 0.05) is 38.6 Å². The topological polar surface area (TPSA) is 78.4 Å². The van der Waals surface area contributed by atoms with Crippen molar-refractivity contribution in [3.8, 4) is 0 Å². The molecule has 1 N–H and O–H groups in total. The molecule has 0 spiro atoms. The summed E-state index contributed by atoms with van der Waals surface area (Å²) in [6.45, 7) is 3.13. The van der Waals surface area contributed by atoms with E-state index in [2.05, 4.69) is 20.4 Å². The highest BCUT2D eigenvalue weighted by Crippen LogP contribution is 2.30. The Morgan fingerprint density at radius 3 is 2.40 bits per heavy atom. The molecule has 1 aliphatic heterocycles. The van der Waals surface area contributed by atoms with Gasteiger partial charge in [-0.2, -0.15) is 0 Å². The molecule has 1 saturated heterocycles. The Bertz CT molecular complexity index is 708. The summed E-state index contributed by atoms with van der Waals surface area (Å²) in [5, 5.41) is 12.6. The molecular formula is C21H33N5O2S2. The molecule has 2 amide bonds. The lowest BCUT2D eigenvalue weighted by Gasteiger charge is -2.35. The maximum atomic E-state index is 12.6. The van der Waals surface area contributed by atoms with Gasteiger partial charge in [-0.3, -0.25) is 9.59 Å². The standard InChI is InChI=1S/C21H33N5O2S2/c27-18(22-17-8-4-5-9-17)15-29-21-24-23-20(30-21)26-12-10-25(11-13-26)19(28)14-16-6-2-1-3-7-16/h16-17H,1-15H2,(H,22,27). The van der Waals surface area contributed by atoms with Gasteiger partial charge in [0.05, 0.1) is 5.75 Å². The van der Waals surface area contributed by atoms with Crippen molar-refractivity contribution >= 4 is 40.0 Å². The fourth-order valence-corrected chi connectivity index (χ4v) is 6.47. The van der Waals surface area contributed by atoms with Crippen molar-refractivity contribution in [3.63, 3.8) is 0 Å². The molecule has 3 aliphatic rings. The van der Waals surface area contributed by atoms with E-state index in [0.29, 0.717) is 23.6 Å². The summed E-state index contributed by atoms with van der Waals surface area (Å²) in [7, 11) is 0. The first-order valence-electron chi connectivity index (χ1n) is 11.5. The molecule has 9 heteroatoms. The van der Waals surface area contributed by atoms with Gasteiger partial charge in [-0.25, -0.2) is 0 Å². The van der Waals surface area contributed by atoms with E-state index in [4.69, 9.17) is 0 Å². The number of hydrogen-bond acceptors (Lipinski definition) is 7. The number of rotatable bonds is 7. The first kappa shape index (κ1) is 21.9. The fourth-order valence-electron chi connectivity index (χ4n) is 4.77. The molecular weight excluding hydrogens is 418 g/mol. The second kappa shape index (κ2) is 10.8. The van der Waals surface area contributed by atoms with Gasteiger partial charge in [0.15, 0.2) is 4.34 Å². The molecule has 0 atom stereocenters. The number of nitrogens with one attached hydrogen (secondary N) is 1. The minimum Gasteiger partial charge on any atom is -0.353 e. The Kier molecular flexibility index (Phi) is 7.87. The number of carbonyl (C=O) groups excluding carboxylic acids is 2. The highest BCUT2D eigenvalue weighted by molar-refractivity contribution is 8.01. The molecule has 0 aromatic carbocycles. The second-order valence-corrected chi connectivity index (χ2v) is 10.9. The van der Waals surface area contributed by atoms with E-state index >= 15 is 0 Å². The molecule has 0 radical (unpaired) electrons. The third-order valence-corrected chi connectivity index (χ3v) is 8.65. The van der Waals surface area contributed by atoms with Crippen LogP contribution in [0.25, 0.3) is 0 Å². The smallest absolute Gasteiger partial charge is 0.230 e. The summed E-state index contributed by atoms with van der Waals surface area (Å²) in [6, 6.07) is 0.361. The van der Waals surface area contributed by atoms with Crippen LogP contribution in [-0.4, -0.2) is 64.9 Å². The molecule has 0 bridgehead atoms. The van der Waals surface area contributed by atoms with E-state index in [1.807, 2.05) is 4.90 Å². The predicted octanol–water partition coefficient (Wildman–Crippen LogP) is 3.31. The molecule has 0 unspecified atom stereocenters. The molecule has 2 aliphatic carbocycles. The number of nitrogens with zero attached hydrogens (tertiary/aromatic N) is 4. The fraction of sp³-hybridized carbons (Fsp3) is 0.810. The van der Waals surface area contributed by atoms with Gasteiger partial charge in [0.2, 0.25) is 16.9 Å². The van der Waals surface area contributed by atoms with Crippen LogP contribution in [0.3, 0.4) is 0 Å². The van der Waals surface area contributed by atoms with Crippen molar-refractivity contribution in [2.45, 2.75) is 74.6 Å². The quantitative estimate of drug-likeness (QED) is 0.641. The van der Waals surface area contributed by atoms with Crippen LogP contribution in [0.15, 0.2) is 4.34 Å². The number of piperazine rings is 1. The maximum Gasteiger partial charge on any atom is 0.230 e. The zero-order valence-electron chi connectivity index (χ0n) is 17.7. The monoisotopic (exact) mass is 451 g/mol. The Hall–Kier alpha value is -1.35. The van der Waals surface area contributed by atoms with Crippen LogP contribution < -0.4 is 10.2 Å². The van der Waals surface area contributed by atoms with Crippen molar-refractivity contribution in [1.82, 2.24) is 20.4 Å². The lowest BCUT2D eigenvalue weighted by molar-refractivity contribution is -0.132. The van der Waals surface area contributed by atoms with E-state index in [-0.39, 0.29) is 5.91 Å². The minimum absolute atomic E-state index is 0.0914. The SMILES string of the molecule is O=C(CSc1nnc(N2CCN(C(=O)CC3CCCCC3)CC2)s1)NC1CCCC1. The van der Waals surface area contributed by atoms with E-state index < -0.39 is 0 Å². The van der Waals surface area contributed by atoms with Crippen LogP contribution in [0.4, 0.5) is 5.13 Å². The first-order valence-corrected chi connectivity index (χ1v) is 13.3. The van der Waals surface area contributed by atoms with E-state index in [1.54, 1.807) is 11.3 Å². The lowest BCUT2D eigenvalue weighted by Crippen LogP contribution is -2.49. The van der Waals surface area contributed by atoms with Crippen molar-refractivity contribution < 1.29 is 9.59 Å². The van der Waals surface area contributed by atoms with Crippen molar-refractivity contribution in [2.75, 3.05) is 36.8 Å².